The summed E-state index contributed by atoms with van der Waals surface area (Å²) in [5.74, 6) is 0.980. The van der Waals surface area contributed by atoms with E-state index in [0.717, 1.165) is 16.7 Å². The van der Waals surface area contributed by atoms with Gasteiger partial charge in [-0.05, 0) is 68.7 Å². The van der Waals surface area contributed by atoms with Crippen LogP contribution >= 0.6 is 8.53 Å². The molecular weight excluding hydrogens is 831 g/mol. The van der Waals surface area contributed by atoms with Crippen LogP contribution in [0.5, 0.6) is 11.5 Å². The summed E-state index contributed by atoms with van der Waals surface area (Å²) in [5.41, 5.74) is 1.41. The zero-order chi connectivity index (χ0) is 32.6. The number of ether oxygens (including phenoxy) is 5. The van der Waals surface area contributed by atoms with Crippen LogP contribution in [0.25, 0.3) is 0 Å². The fourth-order valence-corrected chi connectivity index (χ4v) is 7.12. The molecule has 11 heteroatoms. The quantitative estimate of drug-likeness (QED) is 0.0703. The topological polar surface area (TPSA) is 84.9 Å². The predicted octanol–water partition coefficient (Wildman–Crippen LogP) is 6.88. The van der Waals surface area contributed by atoms with E-state index in [0.29, 0.717) is 11.5 Å². The van der Waals surface area contributed by atoms with Crippen molar-refractivity contribution in [2.45, 2.75) is 70.6 Å². The normalized spacial score (nSPS) is 18.8. The number of esters is 1. The Labute approximate surface area is 298 Å². The number of methoxy groups -OCH3 is 2. The molecule has 4 rings (SSSR count). The Kier molecular flexibility index (Phi) is 15.0. The third-order valence-electron chi connectivity index (χ3n) is 7.62. The van der Waals surface area contributed by atoms with Crippen molar-refractivity contribution in [2.24, 2.45) is 0 Å². The van der Waals surface area contributed by atoms with Gasteiger partial charge in [0.05, 0.1) is 33.0 Å². The summed E-state index contributed by atoms with van der Waals surface area (Å²) in [6.07, 6.45) is -2.16. The minimum absolute atomic E-state index is 0. The first-order valence-electron chi connectivity index (χ1n) is 15.1. The van der Waals surface area contributed by atoms with Gasteiger partial charge in [0.1, 0.15) is 17.1 Å². The van der Waals surface area contributed by atoms with Gasteiger partial charge in [-0.1, -0.05) is 54.6 Å². The number of carbonyl (C=O) groups is 1. The Morgan fingerprint density at radius 2 is 1.35 bits per heavy atom. The fraction of sp³-hybridized carbons (Fsp3) is 0.429. The van der Waals surface area contributed by atoms with Gasteiger partial charge in [-0.2, -0.15) is 6.61 Å². The van der Waals surface area contributed by atoms with E-state index in [4.69, 9.17) is 32.7 Å². The molecule has 1 aliphatic rings. The van der Waals surface area contributed by atoms with Gasteiger partial charge in [-0.15, -0.1) is 0 Å². The molecule has 3 aromatic rings. The Balaban J connectivity index is 0.00000576. The van der Waals surface area contributed by atoms with Crippen molar-refractivity contribution in [1.29, 1.82) is 0 Å². The van der Waals surface area contributed by atoms with Gasteiger partial charge in [0.15, 0.2) is 0 Å². The molecule has 9 nitrogen and oxygen atoms in total. The van der Waals surface area contributed by atoms with Crippen LogP contribution in [0.1, 0.15) is 51.3 Å². The summed E-state index contributed by atoms with van der Waals surface area (Å²) in [6.45, 7) is 11.5. The van der Waals surface area contributed by atoms with Gasteiger partial charge in [-0.25, -0.2) is 4.67 Å². The van der Waals surface area contributed by atoms with E-state index >= 15 is 0 Å². The Bertz CT molecular complexity index is 1290. The molecule has 1 heterocycles. The summed E-state index contributed by atoms with van der Waals surface area (Å²) in [4.78, 5) is 12.3. The SMILES string of the molecule is COc1ccc(C(OC2C(OC(C)=O)[CH-]OC2COP(OC)N(C(C)C)C(C)C)(c2ccccc2)c2ccc(OC)cc2)cc1.[U]. The van der Waals surface area contributed by atoms with Gasteiger partial charge < -0.3 is 32.7 Å². The van der Waals surface area contributed by atoms with Crippen molar-refractivity contribution in [3.05, 3.63) is 102 Å². The molecule has 1 fully saturated rings. The summed E-state index contributed by atoms with van der Waals surface area (Å²) in [5, 5.41) is 0. The molecule has 0 radical (unpaired) electrons. The second kappa shape index (κ2) is 18.0. The monoisotopic (exact) mass is 876 g/mol. The molecule has 0 aliphatic carbocycles. The maximum absolute atomic E-state index is 12.3. The van der Waals surface area contributed by atoms with Crippen molar-refractivity contribution in [3.8, 4) is 11.5 Å². The number of hydrogen-bond donors (Lipinski definition) is 0. The number of nitrogens with zero attached hydrogens (tertiary/aromatic N) is 1. The van der Waals surface area contributed by atoms with E-state index in [1.165, 1.54) is 13.5 Å². The van der Waals surface area contributed by atoms with Gasteiger partial charge >= 0.3 is 0 Å². The maximum Gasteiger partial charge on any atom is 0.300 e. The molecule has 0 aromatic heterocycles. The summed E-state index contributed by atoms with van der Waals surface area (Å²) < 4.78 is 44.6. The van der Waals surface area contributed by atoms with Crippen molar-refractivity contribution >= 4 is 14.5 Å². The summed E-state index contributed by atoms with van der Waals surface area (Å²) >= 11 is 0. The van der Waals surface area contributed by atoms with Crippen LogP contribution in [0.2, 0.25) is 0 Å². The number of hydrogen-bond acceptors (Lipinski definition) is 9. The van der Waals surface area contributed by atoms with Crippen molar-refractivity contribution < 1.29 is 68.6 Å². The third-order valence-corrected chi connectivity index (χ3v) is 9.60. The van der Waals surface area contributed by atoms with Crippen LogP contribution < -0.4 is 9.47 Å². The largest absolute Gasteiger partial charge is 0.543 e. The van der Waals surface area contributed by atoms with Crippen LogP contribution in [0.15, 0.2) is 78.9 Å². The summed E-state index contributed by atoms with van der Waals surface area (Å²) in [6, 6.07) is 25.9. The molecule has 0 bridgehead atoms. The van der Waals surface area contributed by atoms with Gasteiger partial charge in [0.25, 0.3) is 14.5 Å². The molecule has 0 saturated carbocycles. The molecule has 4 unspecified atom stereocenters. The fourth-order valence-electron chi connectivity index (χ4n) is 5.67. The molecule has 0 spiro atoms. The van der Waals surface area contributed by atoms with E-state index in [1.807, 2.05) is 78.9 Å². The van der Waals surface area contributed by atoms with Crippen LogP contribution in [-0.4, -0.2) is 69.0 Å². The number of rotatable bonds is 15. The molecular formula is C35H45NO8PU-. The van der Waals surface area contributed by atoms with Crippen molar-refractivity contribution in [1.82, 2.24) is 4.67 Å². The minimum atomic E-state index is -1.39. The van der Waals surface area contributed by atoms with Gasteiger partial charge in [0, 0.05) is 63.3 Å². The average Bonchev–Trinajstić information content (AvgIpc) is 3.41. The van der Waals surface area contributed by atoms with E-state index in [9.17, 15) is 4.79 Å². The average molecular weight is 877 g/mol. The number of carbonyl (C=O) groups excluding carboxylic acids is 1. The van der Waals surface area contributed by atoms with Gasteiger partial charge in [0.2, 0.25) is 0 Å². The Morgan fingerprint density at radius 1 is 0.848 bits per heavy atom. The van der Waals surface area contributed by atoms with Crippen molar-refractivity contribution in [2.75, 3.05) is 27.9 Å². The van der Waals surface area contributed by atoms with E-state index < -0.39 is 38.4 Å². The Morgan fingerprint density at radius 3 is 1.78 bits per heavy atom. The second-order valence-corrected chi connectivity index (χ2v) is 12.8. The Hall–Kier alpha value is -1.99. The summed E-state index contributed by atoms with van der Waals surface area (Å²) in [7, 11) is 3.52. The van der Waals surface area contributed by atoms with E-state index in [1.54, 1.807) is 21.3 Å². The van der Waals surface area contributed by atoms with Gasteiger partial charge in [-0.3, -0.25) is 4.79 Å². The molecule has 0 N–H and O–H groups in total. The molecule has 0 amide bonds. The zero-order valence-corrected chi connectivity index (χ0v) is 32.9. The first-order chi connectivity index (χ1) is 21.6. The molecule has 3 aromatic carbocycles. The number of benzene rings is 3. The maximum atomic E-state index is 12.3. The first kappa shape index (κ1) is 38.5. The zero-order valence-electron chi connectivity index (χ0n) is 27.8. The smallest absolute Gasteiger partial charge is 0.300 e. The standard InChI is InChI=1S/C35H45NO8P.U/c1-24(2)36(25(3)4)45(40-8)42-23-32-34(33(22-41-32)43-26(5)37)44-35(27-12-10-9-11-13-27,28-14-18-30(38-6)19-15-28)29-16-20-31(39-7)21-17-29;/h9-22,24-25,32-34H,23H2,1-8H3;/q-1;. The molecule has 4 atom stereocenters. The second-order valence-electron chi connectivity index (χ2n) is 11.3. The molecule has 1 aliphatic heterocycles. The van der Waals surface area contributed by atoms with Crippen LogP contribution in [-0.2, 0) is 33.7 Å². The first-order valence-corrected chi connectivity index (χ1v) is 16.2. The molecule has 46 heavy (non-hydrogen) atoms. The van der Waals surface area contributed by atoms with Crippen LogP contribution in [0.3, 0.4) is 0 Å². The predicted molar refractivity (Wildman–Crippen MR) is 174 cm³/mol. The van der Waals surface area contributed by atoms with E-state index in [2.05, 4.69) is 32.4 Å². The molecule has 1 saturated heterocycles. The van der Waals surface area contributed by atoms with Crippen molar-refractivity contribution in [3.63, 3.8) is 0 Å². The third kappa shape index (κ3) is 8.92. The van der Waals surface area contributed by atoms with Crippen LogP contribution in [0, 0.1) is 37.7 Å². The van der Waals surface area contributed by atoms with E-state index in [-0.39, 0.29) is 49.8 Å². The minimum Gasteiger partial charge on any atom is -0.543 e. The molecule has 248 valence electrons. The van der Waals surface area contributed by atoms with Crippen LogP contribution in [0.4, 0.5) is 0 Å².